The Morgan fingerprint density at radius 2 is 1.52 bits per heavy atom. The van der Waals surface area contributed by atoms with E-state index in [1.54, 1.807) is 18.2 Å². The first kappa shape index (κ1) is 22.8. The minimum Gasteiger partial charge on any atom is -0.456 e. The molecule has 0 saturated carbocycles. The number of hydrogen-bond acceptors (Lipinski definition) is 5. The number of ether oxygens (including phenoxy) is 1. The van der Waals surface area contributed by atoms with E-state index in [0.717, 1.165) is 32.1 Å². The maximum Gasteiger partial charge on any atom is 0.321 e. The third kappa shape index (κ3) is 5.10. The van der Waals surface area contributed by atoms with Crippen LogP contribution in [0, 0.1) is 34.6 Å². The number of ketones is 1. The Kier molecular flexibility index (Phi) is 6.97. The summed E-state index contributed by atoms with van der Waals surface area (Å²) in [6.07, 6.45) is 0. The van der Waals surface area contributed by atoms with Crippen molar-refractivity contribution in [3.05, 3.63) is 63.7 Å². The molecule has 2 aromatic carbocycles. The van der Waals surface area contributed by atoms with Gasteiger partial charge in [0.2, 0.25) is 15.8 Å². The summed E-state index contributed by atoms with van der Waals surface area (Å²) in [4.78, 5) is 24.7. The predicted octanol–water partition coefficient (Wildman–Crippen LogP) is 3.28. The molecular formula is C22H27NO5S. The Morgan fingerprint density at radius 3 is 2.10 bits per heavy atom. The van der Waals surface area contributed by atoms with Gasteiger partial charge in [0.25, 0.3) is 0 Å². The van der Waals surface area contributed by atoms with E-state index >= 15 is 0 Å². The van der Waals surface area contributed by atoms with Crippen molar-refractivity contribution in [2.45, 2.75) is 39.5 Å². The summed E-state index contributed by atoms with van der Waals surface area (Å²) < 4.78 is 31.0. The molecule has 2 aromatic rings. The number of rotatable bonds is 7. The fourth-order valence-electron chi connectivity index (χ4n) is 2.93. The number of sulfonamides is 1. The number of aryl methyl sites for hydroxylation is 2. The summed E-state index contributed by atoms with van der Waals surface area (Å²) in [5.41, 5.74) is 5.45. The van der Waals surface area contributed by atoms with Crippen molar-refractivity contribution >= 4 is 21.8 Å². The van der Waals surface area contributed by atoms with E-state index in [4.69, 9.17) is 4.74 Å². The third-order valence-corrected chi connectivity index (χ3v) is 7.04. The van der Waals surface area contributed by atoms with Gasteiger partial charge in [-0.1, -0.05) is 17.7 Å². The Bertz CT molecular complexity index is 1040. The number of benzene rings is 2. The monoisotopic (exact) mass is 417 g/mol. The molecule has 156 valence electrons. The first-order valence-corrected chi connectivity index (χ1v) is 10.7. The van der Waals surface area contributed by atoms with Gasteiger partial charge in [-0.2, -0.15) is 4.31 Å². The number of hydrogen-bond donors (Lipinski definition) is 0. The Balaban J connectivity index is 2.03. The van der Waals surface area contributed by atoms with Gasteiger partial charge in [-0.05, 0) is 75.1 Å². The molecule has 0 aromatic heterocycles. The van der Waals surface area contributed by atoms with E-state index in [-0.39, 0.29) is 10.7 Å². The van der Waals surface area contributed by atoms with Crippen LogP contribution in [0.15, 0.2) is 35.2 Å². The number of Topliss-reactive ketones (excluding diaryl/α,β-unsaturated/α-hetero) is 1. The summed E-state index contributed by atoms with van der Waals surface area (Å²) >= 11 is 0. The number of likely N-dealkylation sites (N-methyl/N-ethyl adjacent to an activating group) is 1. The maximum absolute atomic E-state index is 12.5. The van der Waals surface area contributed by atoms with Crippen LogP contribution < -0.4 is 0 Å². The minimum atomic E-state index is -3.82. The molecule has 2 rings (SSSR count). The van der Waals surface area contributed by atoms with Crippen LogP contribution in [0.4, 0.5) is 0 Å². The van der Waals surface area contributed by atoms with Crippen LogP contribution in [-0.4, -0.2) is 44.7 Å². The Hall–Kier alpha value is -2.51. The molecule has 0 atom stereocenters. The molecule has 0 radical (unpaired) electrons. The third-order valence-electron chi connectivity index (χ3n) is 5.23. The predicted molar refractivity (Wildman–Crippen MR) is 112 cm³/mol. The lowest BCUT2D eigenvalue weighted by atomic mass is 9.93. The van der Waals surface area contributed by atoms with Crippen molar-refractivity contribution in [3.8, 4) is 0 Å². The molecular weight excluding hydrogens is 390 g/mol. The summed E-state index contributed by atoms with van der Waals surface area (Å²) in [6, 6.07) is 8.14. The number of carbonyl (C=O) groups is 2. The van der Waals surface area contributed by atoms with E-state index in [1.165, 1.54) is 19.2 Å². The average Bonchev–Trinajstić information content (AvgIpc) is 2.67. The van der Waals surface area contributed by atoms with Gasteiger partial charge in [-0.25, -0.2) is 8.42 Å². The largest absolute Gasteiger partial charge is 0.456 e. The molecule has 0 amide bonds. The van der Waals surface area contributed by atoms with Gasteiger partial charge in [0.15, 0.2) is 6.61 Å². The minimum absolute atomic E-state index is 0.0932. The van der Waals surface area contributed by atoms with Gasteiger partial charge in [0, 0.05) is 12.6 Å². The molecule has 29 heavy (non-hydrogen) atoms. The van der Waals surface area contributed by atoms with Gasteiger partial charge < -0.3 is 4.74 Å². The van der Waals surface area contributed by atoms with Gasteiger partial charge in [-0.15, -0.1) is 0 Å². The average molecular weight is 418 g/mol. The van der Waals surface area contributed by atoms with Crippen LogP contribution in [0.2, 0.25) is 0 Å². The molecule has 0 bridgehead atoms. The van der Waals surface area contributed by atoms with E-state index in [1.807, 2.05) is 34.6 Å². The quantitative estimate of drug-likeness (QED) is 0.510. The lowest BCUT2D eigenvalue weighted by molar-refractivity contribution is -0.142. The molecule has 0 fully saturated rings. The zero-order valence-corrected chi connectivity index (χ0v) is 18.5. The first-order chi connectivity index (χ1) is 13.4. The lowest BCUT2D eigenvalue weighted by Crippen LogP contribution is -2.33. The molecule has 0 aliphatic heterocycles. The van der Waals surface area contributed by atoms with Crippen LogP contribution in [0.25, 0.3) is 0 Å². The topological polar surface area (TPSA) is 80.8 Å². The molecule has 0 N–H and O–H groups in total. The van der Waals surface area contributed by atoms with Crippen LogP contribution in [0.5, 0.6) is 0 Å². The molecule has 0 aliphatic rings. The summed E-state index contributed by atoms with van der Waals surface area (Å²) in [5.74, 6) is -1.10. The van der Waals surface area contributed by atoms with Crippen molar-refractivity contribution in [2.75, 3.05) is 20.2 Å². The molecule has 6 nitrogen and oxygen atoms in total. The van der Waals surface area contributed by atoms with E-state index < -0.39 is 29.1 Å². The van der Waals surface area contributed by atoms with E-state index in [0.29, 0.717) is 5.56 Å². The van der Waals surface area contributed by atoms with E-state index in [2.05, 4.69) is 0 Å². The number of carbonyl (C=O) groups excluding carboxylic acids is 2. The van der Waals surface area contributed by atoms with Crippen molar-refractivity contribution in [1.82, 2.24) is 4.31 Å². The highest BCUT2D eigenvalue weighted by Gasteiger charge is 2.24. The van der Waals surface area contributed by atoms with Crippen LogP contribution in [0.3, 0.4) is 0 Å². The van der Waals surface area contributed by atoms with Crippen molar-refractivity contribution in [1.29, 1.82) is 0 Å². The first-order valence-electron chi connectivity index (χ1n) is 9.24. The second-order valence-electron chi connectivity index (χ2n) is 7.27. The second kappa shape index (κ2) is 8.88. The molecule has 0 unspecified atom stereocenters. The fraction of sp³-hybridized carbons (Fsp3) is 0.364. The molecule has 0 saturated heterocycles. The zero-order chi connectivity index (χ0) is 21.9. The van der Waals surface area contributed by atoms with Crippen LogP contribution in [0.1, 0.15) is 38.2 Å². The highest BCUT2D eigenvalue weighted by molar-refractivity contribution is 7.89. The zero-order valence-electron chi connectivity index (χ0n) is 17.7. The smallest absolute Gasteiger partial charge is 0.321 e. The molecule has 0 spiro atoms. The van der Waals surface area contributed by atoms with Gasteiger partial charge >= 0.3 is 5.97 Å². The Morgan fingerprint density at radius 1 is 0.931 bits per heavy atom. The van der Waals surface area contributed by atoms with Crippen molar-refractivity contribution in [2.24, 2.45) is 0 Å². The van der Waals surface area contributed by atoms with Crippen LogP contribution >= 0.6 is 0 Å². The summed E-state index contributed by atoms with van der Waals surface area (Å²) in [5, 5.41) is 0. The second-order valence-corrected chi connectivity index (χ2v) is 9.32. The molecule has 0 heterocycles. The molecule has 0 aliphatic carbocycles. The highest BCUT2D eigenvalue weighted by Crippen LogP contribution is 2.21. The van der Waals surface area contributed by atoms with Gasteiger partial charge in [0.1, 0.15) is 6.54 Å². The van der Waals surface area contributed by atoms with Crippen molar-refractivity contribution < 1.29 is 22.7 Å². The SMILES string of the molecule is Cc1ccc(S(=O)(=O)N(C)CC(=O)OCC(=O)c2cc(C)c(C)c(C)c2C)cc1. The van der Waals surface area contributed by atoms with Crippen LogP contribution in [-0.2, 0) is 19.6 Å². The number of nitrogens with zero attached hydrogens (tertiary/aromatic N) is 1. The van der Waals surface area contributed by atoms with Gasteiger partial charge in [0.05, 0.1) is 4.90 Å². The van der Waals surface area contributed by atoms with E-state index in [9.17, 15) is 18.0 Å². The fourth-order valence-corrected chi connectivity index (χ4v) is 4.04. The maximum atomic E-state index is 12.5. The normalized spacial score (nSPS) is 11.6. The summed E-state index contributed by atoms with van der Waals surface area (Å²) in [7, 11) is -2.52. The molecule has 7 heteroatoms. The summed E-state index contributed by atoms with van der Waals surface area (Å²) in [6.45, 7) is 8.68. The standard InChI is InChI=1S/C22H27NO5S/c1-14-7-9-19(10-8-14)29(26,27)23(6)12-22(25)28-13-21(24)20-11-15(2)16(3)17(4)18(20)5/h7-11H,12-13H2,1-6H3. The number of esters is 1. The highest BCUT2D eigenvalue weighted by atomic mass is 32.2. The van der Waals surface area contributed by atoms with Crippen molar-refractivity contribution in [3.63, 3.8) is 0 Å². The Labute approximate surface area is 172 Å². The van der Waals surface area contributed by atoms with Gasteiger partial charge in [-0.3, -0.25) is 9.59 Å². The lowest BCUT2D eigenvalue weighted by Gasteiger charge is -2.17.